The number of piperidine rings is 1. The zero-order chi connectivity index (χ0) is 28.1. The van der Waals surface area contributed by atoms with E-state index in [1.54, 1.807) is 7.05 Å². The number of primary amides is 1. The van der Waals surface area contributed by atoms with Crippen molar-refractivity contribution in [1.29, 1.82) is 0 Å². The molecule has 206 valence electrons. The number of carboxylic acid groups (broad SMARTS) is 2. The third-order valence-corrected chi connectivity index (χ3v) is 6.54. The Hall–Kier alpha value is -4.04. The number of carbonyl (C=O) groups excluding carboxylic acids is 2. The van der Waals surface area contributed by atoms with Crippen molar-refractivity contribution in [2.75, 3.05) is 25.5 Å². The number of anilines is 1. The summed E-state index contributed by atoms with van der Waals surface area (Å²) in [5.74, 6) is -0.0745. The molecule has 0 spiro atoms. The van der Waals surface area contributed by atoms with Gasteiger partial charge in [-0.3, -0.25) is 19.8 Å². The average molecular weight is 548 g/mol. The van der Waals surface area contributed by atoms with E-state index in [1.807, 2.05) is 24.3 Å². The molecule has 1 aliphatic heterocycles. The molecule has 1 aliphatic rings. The molecule has 7 N–H and O–H groups in total. The Morgan fingerprint density at radius 1 is 1.21 bits per heavy atom. The number of aryl methyl sites for hydroxylation is 2. The van der Waals surface area contributed by atoms with Crippen molar-refractivity contribution in [3.8, 4) is 0 Å². The summed E-state index contributed by atoms with van der Waals surface area (Å²) in [6.07, 6.45) is 1.98. The van der Waals surface area contributed by atoms with E-state index < -0.39 is 12.2 Å². The Kier molecular flexibility index (Phi) is 12.1. The zero-order valence-corrected chi connectivity index (χ0v) is 22.1. The predicted octanol–water partition coefficient (Wildman–Crippen LogP) is 2.40. The molecule has 0 unspecified atom stereocenters. The third kappa shape index (κ3) is 10.9. The monoisotopic (exact) mass is 547 g/mol. The van der Waals surface area contributed by atoms with Crippen LogP contribution in [-0.2, 0) is 29.0 Å². The highest BCUT2D eigenvalue weighted by molar-refractivity contribution is 7.15. The third-order valence-electron chi connectivity index (χ3n) is 5.54. The number of amides is 4. The molecule has 14 heteroatoms. The molecule has 2 heterocycles. The smallest absolute Gasteiger partial charge is 0.409 e. The number of hydrogen-bond donors (Lipinski definition) is 6. The van der Waals surface area contributed by atoms with Gasteiger partial charge in [0.25, 0.3) is 0 Å². The lowest BCUT2D eigenvalue weighted by atomic mass is 9.97. The molecule has 1 atom stereocenters. The zero-order valence-electron chi connectivity index (χ0n) is 21.3. The van der Waals surface area contributed by atoms with Crippen molar-refractivity contribution < 1.29 is 29.4 Å². The van der Waals surface area contributed by atoms with Crippen LogP contribution in [0.2, 0.25) is 0 Å². The molecule has 13 nitrogen and oxygen atoms in total. The summed E-state index contributed by atoms with van der Waals surface area (Å²) in [5, 5.41) is 24.0. The number of aliphatic imine (C=N–C) groups is 1. The van der Waals surface area contributed by atoms with Crippen molar-refractivity contribution >= 4 is 52.5 Å². The lowest BCUT2D eigenvalue weighted by Crippen LogP contribution is -2.41. The highest BCUT2D eigenvalue weighted by Crippen LogP contribution is 2.28. The molecular weight excluding hydrogens is 514 g/mol. The quantitative estimate of drug-likeness (QED) is 0.203. The number of hydrogen-bond acceptors (Lipinski definition) is 8. The van der Waals surface area contributed by atoms with Gasteiger partial charge in [0, 0.05) is 31.9 Å². The van der Waals surface area contributed by atoms with Gasteiger partial charge in [-0.15, -0.1) is 11.3 Å². The molecule has 0 bridgehead atoms. The van der Waals surface area contributed by atoms with E-state index in [0.29, 0.717) is 30.3 Å². The fraction of sp³-hybridized carbons (Fsp3) is 0.417. The van der Waals surface area contributed by atoms with Crippen LogP contribution in [0.15, 0.2) is 29.3 Å². The van der Waals surface area contributed by atoms with Crippen LogP contribution in [0.3, 0.4) is 0 Å². The van der Waals surface area contributed by atoms with Gasteiger partial charge in [-0.25, -0.2) is 19.6 Å². The number of benzene rings is 1. The molecule has 0 saturated carbocycles. The van der Waals surface area contributed by atoms with Crippen LogP contribution in [-0.4, -0.2) is 70.6 Å². The van der Waals surface area contributed by atoms with Crippen molar-refractivity contribution in [1.82, 2.24) is 20.5 Å². The first kappa shape index (κ1) is 30.2. The van der Waals surface area contributed by atoms with Crippen LogP contribution in [0.5, 0.6) is 0 Å². The Morgan fingerprint density at radius 2 is 1.89 bits per heavy atom. The molecule has 1 aromatic carbocycles. The fourth-order valence-corrected chi connectivity index (χ4v) is 5.00. The Balaban J connectivity index is 0.00000118. The summed E-state index contributed by atoms with van der Waals surface area (Å²) in [7, 11) is 1.67. The van der Waals surface area contributed by atoms with E-state index in [2.05, 4.69) is 36.6 Å². The topological polar surface area (TPSA) is 199 Å². The Morgan fingerprint density at radius 3 is 2.50 bits per heavy atom. The van der Waals surface area contributed by atoms with E-state index >= 15 is 0 Å². The van der Waals surface area contributed by atoms with E-state index in [1.165, 1.54) is 18.3 Å². The van der Waals surface area contributed by atoms with E-state index in [9.17, 15) is 14.4 Å². The maximum absolute atomic E-state index is 12.1. The molecule has 1 aromatic heterocycles. The maximum atomic E-state index is 12.1. The highest BCUT2D eigenvalue weighted by atomic mass is 32.1. The van der Waals surface area contributed by atoms with Gasteiger partial charge in [0.1, 0.15) is 0 Å². The first-order chi connectivity index (χ1) is 18.1. The number of nitrogens with two attached hydrogens (primary N) is 1. The molecular formula is C24H33N7O6S. The highest BCUT2D eigenvalue weighted by Gasteiger charge is 2.26. The van der Waals surface area contributed by atoms with Gasteiger partial charge >= 0.3 is 12.2 Å². The summed E-state index contributed by atoms with van der Waals surface area (Å²) in [4.78, 5) is 55.0. The fourth-order valence-electron chi connectivity index (χ4n) is 3.90. The van der Waals surface area contributed by atoms with Crippen molar-refractivity contribution in [3.05, 3.63) is 40.4 Å². The van der Waals surface area contributed by atoms with Crippen LogP contribution in [0.25, 0.3) is 0 Å². The van der Waals surface area contributed by atoms with Gasteiger partial charge in [0.2, 0.25) is 11.8 Å². The second-order valence-corrected chi connectivity index (χ2v) is 9.55. The van der Waals surface area contributed by atoms with Crippen LogP contribution < -0.4 is 21.7 Å². The lowest BCUT2D eigenvalue weighted by Gasteiger charge is -2.31. The summed E-state index contributed by atoms with van der Waals surface area (Å²) >= 11 is 1.49. The summed E-state index contributed by atoms with van der Waals surface area (Å²) in [5.41, 5.74) is 6.72. The lowest BCUT2D eigenvalue weighted by molar-refractivity contribution is -0.126. The summed E-state index contributed by atoms with van der Waals surface area (Å²) in [6.45, 7) is 3.81. The first-order valence-electron chi connectivity index (χ1n) is 11.9. The van der Waals surface area contributed by atoms with Gasteiger partial charge in [-0.2, -0.15) is 0 Å². The minimum absolute atomic E-state index is 0.00295. The van der Waals surface area contributed by atoms with E-state index in [0.717, 1.165) is 48.3 Å². The summed E-state index contributed by atoms with van der Waals surface area (Å²) in [6, 6.07) is 7.55. The number of thiazole rings is 1. The SMILES string of the molecule is CNC(=O)[C@H]1CCCN(Cc2sc(NC(C)=O)nc2CCc2ccc(N=CNC(=O)O)cc2)C1.NC(=O)O. The number of nitrogens with one attached hydrogen (secondary N) is 3. The van der Waals surface area contributed by atoms with Crippen LogP contribution in [0.4, 0.5) is 20.4 Å². The maximum Gasteiger partial charge on any atom is 0.409 e. The number of aromatic nitrogens is 1. The van der Waals surface area contributed by atoms with Crippen molar-refractivity contribution in [2.24, 2.45) is 16.6 Å². The number of likely N-dealkylation sites (tertiary alicyclic amines) is 1. The summed E-state index contributed by atoms with van der Waals surface area (Å²) < 4.78 is 0. The van der Waals surface area contributed by atoms with Gasteiger partial charge < -0.3 is 26.6 Å². The molecule has 38 heavy (non-hydrogen) atoms. The van der Waals surface area contributed by atoms with Crippen molar-refractivity contribution in [3.63, 3.8) is 0 Å². The molecule has 3 rings (SSSR count). The molecule has 1 fully saturated rings. The molecule has 0 aliphatic carbocycles. The van der Waals surface area contributed by atoms with E-state index in [-0.39, 0.29) is 17.7 Å². The minimum Gasteiger partial charge on any atom is -0.465 e. The van der Waals surface area contributed by atoms with Gasteiger partial charge in [-0.1, -0.05) is 12.1 Å². The molecule has 1 saturated heterocycles. The van der Waals surface area contributed by atoms with Crippen molar-refractivity contribution in [2.45, 2.75) is 39.2 Å². The first-order valence-corrected chi connectivity index (χ1v) is 12.7. The van der Waals surface area contributed by atoms with Crippen LogP contribution >= 0.6 is 11.3 Å². The average Bonchev–Trinajstić information content (AvgIpc) is 3.22. The predicted molar refractivity (Wildman–Crippen MR) is 144 cm³/mol. The number of carbonyl (C=O) groups is 4. The number of nitrogens with zero attached hydrogens (tertiary/aromatic N) is 3. The Bertz CT molecular complexity index is 1130. The van der Waals surface area contributed by atoms with E-state index in [4.69, 9.17) is 15.0 Å². The van der Waals surface area contributed by atoms with Gasteiger partial charge in [0.15, 0.2) is 5.13 Å². The van der Waals surface area contributed by atoms with Crippen LogP contribution in [0.1, 0.15) is 35.9 Å². The standard InChI is InChI=1S/C23H30N6O4S.CH3NO2/c1-15(30)27-22-28-19(10-7-16-5-8-18(9-6-16)25-14-26-23(32)33)20(34-22)13-29-11-3-4-17(12-29)21(31)24-2;2-1(3)4/h5-6,8-9,14,17H,3-4,7,10-13H2,1-2H3,(H,24,31)(H,25,26)(H,32,33)(H,27,28,30);2H2,(H,3,4)/t17-;/m0./s1. The molecule has 0 radical (unpaired) electrons. The molecule has 2 aromatic rings. The van der Waals surface area contributed by atoms with Gasteiger partial charge in [0.05, 0.1) is 23.6 Å². The largest absolute Gasteiger partial charge is 0.465 e. The number of rotatable bonds is 9. The van der Waals surface area contributed by atoms with Crippen LogP contribution in [0, 0.1) is 5.92 Å². The Labute approximate surface area is 224 Å². The second kappa shape index (κ2) is 15.3. The normalized spacial score (nSPS) is 15.3. The molecule has 4 amide bonds. The van der Waals surface area contributed by atoms with Gasteiger partial charge in [-0.05, 0) is 49.9 Å². The second-order valence-electron chi connectivity index (χ2n) is 8.47. The minimum atomic E-state index is -1.33.